The predicted molar refractivity (Wildman–Crippen MR) is 119 cm³/mol. The third kappa shape index (κ3) is 4.94. The molecule has 0 saturated carbocycles. The molecule has 7 nitrogen and oxygen atoms in total. The van der Waals surface area contributed by atoms with Gasteiger partial charge in [0.2, 0.25) is 11.7 Å². The van der Waals surface area contributed by atoms with Crippen LogP contribution in [0.3, 0.4) is 0 Å². The second-order valence-electron chi connectivity index (χ2n) is 8.23. The Kier molecular flexibility index (Phi) is 6.32. The number of para-hydroxylation sites is 1. The minimum absolute atomic E-state index is 0.0849. The lowest BCUT2D eigenvalue weighted by molar-refractivity contribution is 0.0474. The summed E-state index contributed by atoms with van der Waals surface area (Å²) in [5.41, 5.74) is 3.43. The molecule has 0 radical (unpaired) electrons. The summed E-state index contributed by atoms with van der Waals surface area (Å²) in [6.45, 7) is 5.65. The van der Waals surface area contributed by atoms with Crippen molar-refractivity contribution in [2.75, 3.05) is 18.4 Å². The molecule has 1 aliphatic heterocycles. The fraction of sp³-hybridized carbons (Fsp3) is 0.375. The number of carbonyl (C=O) groups is 1. The number of carbonyl (C=O) groups excluding carboxylic acids is 1. The van der Waals surface area contributed by atoms with Gasteiger partial charge in [0.1, 0.15) is 0 Å². The predicted octanol–water partition coefficient (Wildman–Crippen LogP) is 4.07. The van der Waals surface area contributed by atoms with Crippen molar-refractivity contribution in [1.29, 1.82) is 0 Å². The number of nitrogens with one attached hydrogen (secondary N) is 1. The molecule has 31 heavy (non-hydrogen) atoms. The zero-order valence-corrected chi connectivity index (χ0v) is 17.9. The lowest BCUT2D eigenvalue weighted by Gasteiger charge is -2.30. The van der Waals surface area contributed by atoms with Crippen LogP contribution in [0.2, 0.25) is 0 Å². The van der Waals surface area contributed by atoms with Crippen LogP contribution in [0.5, 0.6) is 0 Å². The van der Waals surface area contributed by atoms with E-state index in [1.807, 2.05) is 30.3 Å². The summed E-state index contributed by atoms with van der Waals surface area (Å²) in [4.78, 5) is 19.1. The average molecular weight is 421 g/mol. The summed E-state index contributed by atoms with van der Waals surface area (Å²) in [6.07, 6.45) is 1.10. The van der Waals surface area contributed by atoms with Crippen molar-refractivity contribution >= 4 is 11.6 Å². The van der Waals surface area contributed by atoms with Crippen LogP contribution in [-0.2, 0) is 6.54 Å². The number of rotatable bonds is 6. The van der Waals surface area contributed by atoms with E-state index in [1.165, 1.54) is 5.56 Å². The number of nitrogens with zero attached hydrogens (tertiary/aromatic N) is 3. The topological polar surface area (TPSA) is 91.5 Å². The number of likely N-dealkylation sites (tertiary alicyclic amines) is 1. The van der Waals surface area contributed by atoms with Gasteiger partial charge in [-0.3, -0.25) is 4.79 Å². The van der Waals surface area contributed by atoms with Crippen LogP contribution < -0.4 is 5.32 Å². The third-order valence-electron chi connectivity index (χ3n) is 5.57. The summed E-state index contributed by atoms with van der Waals surface area (Å²) >= 11 is 0. The smallest absolute Gasteiger partial charge is 0.256 e. The van der Waals surface area contributed by atoms with Gasteiger partial charge in [-0.2, -0.15) is 4.98 Å². The van der Waals surface area contributed by atoms with Gasteiger partial charge in [-0.1, -0.05) is 55.4 Å². The molecule has 4 rings (SSSR count). The van der Waals surface area contributed by atoms with Crippen molar-refractivity contribution < 1.29 is 14.4 Å². The molecule has 7 heteroatoms. The molecule has 1 fully saturated rings. The fourth-order valence-corrected chi connectivity index (χ4v) is 3.77. The first-order chi connectivity index (χ1) is 15.0. The molecular formula is C24H28N4O3. The lowest BCUT2D eigenvalue weighted by atomic mass is 10.0. The van der Waals surface area contributed by atoms with E-state index in [0.717, 1.165) is 18.4 Å². The van der Waals surface area contributed by atoms with Gasteiger partial charge >= 0.3 is 0 Å². The molecule has 0 aliphatic carbocycles. The Morgan fingerprint density at radius 3 is 2.74 bits per heavy atom. The van der Waals surface area contributed by atoms with Gasteiger partial charge in [-0.15, -0.1) is 0 Å². The Labute approximate surface area is 182 Å². The normalized spacial score (nSPS) is 16.5. The monoisotopic (exact) mass is 420 g/mol. The molecule has 1 atom stereocenters. The Balaban J connectivity index is 1.44. The van der Waals surface area contributed by atoms with Gasteiger partial charge in [0.05, 0.1) is 18.2 Å². The summed E-state index contributed by atoms with van der Waals surface area (Å²) in [5.74, 6) is 1.37. The molecular weight excluding hydrogens is 392 g/mol. The van der Waals surface area contributed by atoms with Crippen LogP contribution in [0.15, 0.2) is 53.1 Å². The van der Waals surface area contributed by atoms with Crippen LogP contribution >= 0.6 is 0 Å². The zero-order chi connectivity index (χ0) is 21.8. The van der Waals surface area contributed by atoms with E-state index < -0.39 is 6.10 Å². The average Bonchev–Trinajstić information content (AvgIpc) is 3.26. The van der Waals surface area contributed by atoms with Crippen molar-refractivity contribution in [3.8, 4) is 11.4 Å². The number of aliphatic hydroxyl groups excluding tert-OH is 1. The summed E-state index contributed by atoms with van der Waals surface area (Å²) in [5, 5.41) is 17.2. The molecule has 3 aromatic rings. The highest BCUT2D eigenvalue weighted by Crippen LogP contribution is 2.23. The minimum Gasteiger partial charge on any atom is -0.391 e. The van der Waals surface area contributed by atoms with E-state index in [2.05, 4.69) is 41.4 Å². The van der Waals surface area contributed by atoms with Crippen LogP contribution in [0.1, 0.15) is 54.4 Å². The number of hydrogen-bond acceptors (Lipinski definition) is 6. The number of aliphatic hydroxyl groups is 1. The van der Waals surface area contributed by atoms with Crippen LogP contribution in [0.4, 0.5) is 5.69 Å². The number of piperidine rings is 1. The van der Waals surface area contributed by atoms with E-state index in [1.54, 1.807) is 11.0 Å². The maximum absolute atomic E-state index is 13.0. The largest absolute Gasteiger partial charge is 0.391 e. The highest BCUT2D eigenvalue weighted by Gasteiger charge is 2.24. The number of amides is 1. The minimum atomic E-state index is -0.454. The lowest BCUT2D eigenvalue weighted by Crippen LogP contribution is -2.42. The van der Waals surface area contributed by atoms with Crippen molar-refractivity contribution in [3.63, 3.8) is 0 Å². The maximum atomic E-state index is 13.0. The number of hydrogen-bond donors (Lipinski definition) is 2. The first-order valence-corrected chi connectivity index (χ1v) is 10.7. The molecule has 0 spiro atoms. The summed E-state index contributed by atoms with van der Waals surface area (Å²) in [6, 6.07) is 15.5. The third-order valence-corrected chi connectivity index (χ3v) is 5.57. The van der Waals surface area contributed by atoms with Gasteiger partial charge in [0, 0.05) is 24.3 Å². The second kappa shape index (κ2) is 9.31. The highest BCUT2D eigenvalue weighted by molar-refractivity contribution is 5.99. The number of aromatic nitrogens is 2. The van der Waals surface area contributed by atoms with Crippen LogP contribution in [0.25, 0.3) is 11.4 Å². The van der Waals surface area contributed by atoms with Gasteiger partial charge < -0.3 is 19.8 Å². The van der Waals surface area contributed by atoms with E-state index in [4.69, 9.17) is 4.52 Å². The molecule has 2 N–H and O–H groups in total. The molecule has 1 aliphatic rings. The van der Waals surface area contributed by atoms with Gasteiger partial charge in [-0.05, 0) is 36.5 Å². The van der Waals surface area contributed by atoms with E-state index in [9.17, 15) is 9.90 Å². The van der Waals surface area contributed by atoms with E-state index in [0.29, 0.717) is 48.5 Å². The Bertz CT molecular complexity index is 1030. The van der Waals surface area contributed by atoms with Crippen molar-refractivity contribution in [3.05, 3.63) is 65.5 Å². The Morgan fingerprint density at radius 2 is 2.00 bits per heavy atom. The van der Waals surface area contributed by atoms with Crippen molar-refractivity contribution in [2.24, 2.45) is 0 Å². The second-order valence-corrected chi connectivity index (χ2v) is 8.23. The van der Waals surface area contributed by atoms with Crippen molar-refractivity contribution in [2.45, 2.75) is 45.3 Å². The highest BCUT2D eigenvalue weighted by atomic mass is 16.5. The van der Waals surface area contributed by atoms with E-state index in [-0.39, 0.29) is 5.91 Å². The molecule has 1 aromatic heterocycles. The van der Waals surface area contributed by atoms with Crippen LogP contribution in [0, 0.1) is 0 Å². The van der Waals surface area contributed by atoms with Crippen LogP contribution in [-0.4, -0.2) is 45.2 Å². The van der Waals surface area contributed by atoms with Gasteiger partial charge in [0.25, 0.3) is 5.91 Å². The molecule has 1 amide bonds. The molecule has 162 valence electrons. The molecule has 2 heterocycles. The van der Waals surface area contributed by atoms with Gasteiger partial charge in [-0.25, -0.2) is 0 Å². The first kappa shape index (κ1) is 21.1. The standard InChI is InChI=1S/C24H28N4O3/c1-16(2)17-9-11-18(12-10-17)23-26-22(31-27-23)14-25-21-8-4-3-7-20(21)24(30)28-13-5-6-19(29)15-28/h3-4,7-12,16,19,25,29H,5-6,13-15H2,1-2H3. The number of anilines is 1. The zero-order valence-electron chi connectivity index (χ0n) is 17.9. The van der Waals surface area contributed by atoms with Gasteiger partial charge in [0.15, 0.2) is 0 Å². The molecule has 1 saturated heterocycles. The molecule has 2 aromatic carbocycles. The molecule has 0 bridgehead atoms. The molecule has 1 unspecified atom stereocenters. The van der Waals surface area contributed by atoms with E-state index >= 15 is 0 Å². The quantitative estimate of drug-likeness (QED) is 0.625. The van der Waals surface area contributed by atoms with Crippen molar-refractivity contribution in [1.82, 2.24) is 15.0 Å². The Hall–Kier alpha value is -3.19. The summed E-state index contributed by atoms with van der Waals surface area (Å²) in [7, 11) is 0. The number of β-amino-alcohol motifs (C(OH)–C–C–N with tert-alkyl or cyclic N) is 1. The fourth-order valence-electron chi connectivity index (χ4n) is 3.77. The first-order valence-electron chi connectivity index (χ1n) is 10.7. The maximum Gasteiger partial charge on any atom is 0.256 e. The Morgan fingerprint density at radius 1 is 1.23 bits per heavy atom. The summed E-state index contributed by atoms with van der Waals surface area (Å²) < 4.78 is 5.40. The SMILES string of the molecule is CC(C)c1ccc(-c2noc(CNc3ccccc3C(=O)N3CCCC(O)C3)n2)cc1. The number of benzene rings is 2.